The fraction of sp³-hybridized carbons (Fsp3) is 0.0714. The smallest absolute Gasteiger partial charge is 0.124 e. The van der Waals surface area contributed by atoms with E-state index in [4.69, 9.17) is 11.0 Å². The van der Waals surface area contributed by atoms with E-state index in [1.54, 1.807) is 6.07 Å². The molecule has 90 valence electrons. The Bertz CT molecular complexity index is 585. The molecule has 0 unspecified atom stereocenters. The van der Waals surface area contributed by atoms with Crippen molar-refractivity contribution in [3.05, 3.63) is 59.4 Å². The van der Waals surface area contributed by atoms with Crippen molar-refractivity contribution in [3.8, 4) is 6.07 Å². The quantitative estimate of drug-likeness (QED) is 0.868. The Morgan fingerprint density at radius 3 is 2.50 bits per heavy atom. The van der Waals surface area contributed by atoms with Crippen molar-refractivity contribution >= 4 is 11.4 Å². The summed E-state index contributed by atoms with van der Waals surface area (Å²) in [5.74, 6) is -0.421. The molecule has 2 aromatic rings. The van der Waals surface area contributed by atoms with Crippen molar-refractivity contribution in [2.45, 2.75) is 6.54 Å². The van der Waals surface area contributed by atoms with Crippen molar-refractivity contribution in [2.24, 2.45) is 5.73 Å². The molecular formula is C14H12FN3. The van der Waals surface area contributed by atoms with E-state index in [-0.39, 0.29) is 5.56 Å². The van der Waals surface area contributed by atoms with Crippen LogP contribution in [0.4, 0.5) is 15.8 Å². The van der Waals surface area contributed by atoms with Crippen LogP contribution in [0.2, 0.25) is 0 Å². The molecule has 0 aliphatic carbocycles. The highest BCUT2D eigenvalue weighted by Crippen LogP contribution is 2.21. The molecular weight excluding hydrogens is 229 g/mol. The monoisotopic (exact) mass is 241 g/mol. The van der Waals surface area contributed by atoms with Crippen molar-refractivity contribution < 1.29 is 4.39 Å². The van der Waals surface area contributed by atoms with Crippen molar-refractivity contribution in [1.29, 1.82) is 5.26 Å². The molecule has 0 amide bonds. The van der Waals surface area contributed by atoms with Crippen molar-refractivity contribution in [1.82, 2.24) is 0 Å². The molecule has 3 nitrogen and oxygen atoms in total. The summed E-state index contributed by atoms with van der Waals surface area (Å²) in [7, 11) is 0. The van der Waals surface area contributed by atoms with Crippen LogP contribution in [0.5, 0.6) is 0 Å². The first-order valence-electron chi connectivity index (χ1n) is 5.48. The standard InChI is InChI=1S/C14H12FN3/c15-12-3-6-14(11(7-12)9-17)18-13-4-1-10(8-16)2-5-13/h1-7,18H,8,16H2. The Hall–Kier alpha value is -2.38. The van der Waals surface area contributed by atoms with Crippen LogP contribution in [0.3, 0.4) is 0 Å². The number of benzene rings is 2. The molecule has 4 heteroatoms. The van der Waals surface area contributed by atoms with Gasteiger partial charge in [-0.15, -0.1) is 0 Å². The summed E-state index contributed by atoms with van der Waals surface area (Å²) in [6, 6.07) is 13.6. The van der Waals surface area contributed by atoms with Gasteiger partial charge < -0.3 is 11.1 Å². The van der Waals surface area contributed by atoms with Gasteiger partial charge >= 0.3 is 0 Å². The molecule has 0 heterocycles. The third-order valence-electron chi connectivity index (χ3n) is 2.57. The van der Waals surface area contributed by atoms with Crippen LogP contribution in [0.15, 0.2) is 42.5 Å². The van der Waals surface area contributed by atoms with Gasteiger partial charge in [0.25, 0.3) is 0 Å². The Labute approximate surface area is 105 Å². The highest BCUT2D eigenvalue weighted by Gasteiger charge is 2.03. The van der Waals surface area contributed by atoms with Crippen LogP contribution in [0.25, 0.3) is 0 Å². The summed E-state index contributed by atoms with van der Waals surface area (Å²) in [6.07, 6.45) is 0. The molecule has 0 aliphatic heterocycles. The molecule has 0 aromatic heterocycles. The van der Waals surface area contributed by atoms with Gasteiger partial charge in [0.2, 0.25) is 0 Å². The number of hydrogen-bond donors (Lipinski definition) is 2. The number of rotatable bonds is 3. The fourth-order valence-corrected chi connectivity index (χ4v) is 1.60. The molecule has 2 aromatic carbocycles. The Morgan fingerprint density at radius 2 is 1.89 bits per heavy atom. The first-order valence-corrected chi connectivity index (χ1v) is 5.48. The largest absolute Gasteiger partial charge is 0.354 e. The lowest BCUT2D eigenvalue weighted by Crippen LogP contribution is -1.97. The average molecular weight is 241 g/mol. The maximum atomic E-state index is 13.0. The first-order chi connectivity index (χ1) is 8.72. The number of nitriles is 1. The zero-order valence-corrected chi connectivity index (χ0v) is 9.65. The highest BCUT2D eigenvalue weighted by atomic mass is 19.1. The Morgan fingerprint density at radius 1 is 1.17 bits per heavy atom. The van der Waals surface area contributed by atoms with E-state index >= 15 is 0 Å². The van der Waals surface area contributed by atoms with Gasteiger partial charge in [0, 0.05) is 12.2 Å². The van der Waals surface area contributed by atoms with Gasteiger partial charge in [-0.2, -0.15) is 5.26 Å². The zero-order chi connectivity index (χ0) is 13.0. The molecule has 0 fully saturated rings. The molecule has 0 radical (unpaired) electrons. The minimum atomic E-state index is -0.421. The normalized spacial score (nSPS) is 9.83. The van der Waals surface area contributed by atoms with Crippen LogP contribution in [0.1, 0.15) is 11.1 Å². The number of nitrogens with two attached hydrogens (primary N) is 1. The number of anilines is 2. The summed E-state index contributed by atoms with van der Waals surface area (Å²) < 4.78 is 13.0. The molecule has 0 spiro atoms. The second-order valence-corrected chi connectivity index (χ2v) is 3.83. The number of halogens is 1. The molecule has 0 bridgehead atoms. The average Bonchev–Trinajstić information content (AvgIpc) is 2.41. The Balaban J connectivity index is 2.25. The molecule has 2 rings (SSSR count). The lowest BCUT2D eigenvalue weighted by atomic mass is 10.1. The molecule has 0 aliphatic rings. The van der Waals surface area contributed by atoms with E-state index < -0.39 is 5.82 Å². The number of hydrogen-bond acceptors (Lipinski definition) is 3. The van der Waals surface area contributed by atoms with Crippen LogP contribution in [0, 0.1) is 17.1 Å². The van der Waals surface area contributed by atoms with Gasteiger partial charge in [-0.1, -0.05) is 12.1 Å². The van der Waals surface area contributed by atoms with Gasteiger partial charge in [-0.05, 0) is 35.9 Å². The van der Waals surface area contributed by atoms with E-state index in [2.05, 4.69) is 5.32 Å². The number of nitrogens with zero attached hydrogens (tertiary/aromatic N) is 1. The van der Waals surface area contributed by atoms with Gasteiger partial charge in [0.15, 0.2) is 0 Å². The maximum absolute atomic E-state index is 13.0. The maximum Gasteiger partial charge on any atom is 0.124 e. The lowest BCUT2D eigenvalue weighted by molar-refractivity contribution is 0.627. The van der Waals surface area contributed by atoms with Crippen molar-refractivity contribution in [3.63, 3.8) is 0 Å². The summed E-state index contributed by atoms with van der Waals surface area (Å²) >= 11 is 0. The fourth-order valence-electron chi connectivity index (χ4n) is 1.60. The zero-order valence-electron chi connectivity index (χ0n) is 9.65. The minimum absolute atomic E-state index is 0.276. The SMILES string of the molecule is N#Cc1cc(F)ccc1Nc1ccc(CN)cc1. The first kappa shape index (κ1) is 12.1. The van der Waals surface area contributed by atoms with Gasteiger partial charge in [-0.25, -0.2) is 4.39 Å². The van der Waals surface area contributed by atoms with Gasteiger partial charge in [0.05, 0.1) is 11.3 Å². The predicted molar refractivity (Wildman–Crippen MR) is 68.7 cm³/mol. The number of nitrogens with one attached hydrogen (secondary N) is 1. The van der Waals surface area contributed by atoms with E-state index in [0.29, 0.717) is 12.2 Å². The topological polar surface area (TPSA) is 61.8 Å². The summed E-state index contributed by atoms with van der Waals surface area (Å²) in [4.78, 5) is 0. The van der Waals surface area contributed by atoms with Crippen molar-refractivity contribution in [2.75, 3.05) is 5.32 Å². The lowest BCUT2D eigenvalue weighted by Gasteiger charge is -2.08. The van der Waals surface area contributed by atoms with E-state index in [1.165, 1.54) is 12.1 Å². The molecule has 0 saturated carbocycles. The molecule has 0 atom stereocenters. The van der Waals surface area contributed by atoms with E-state index in [9.17, 15) is 4.39 Å². The minimum Gasteiger partial charge on any atom is -0.354 e. The second kappa shape index (κ2) is 5.30. The predicted octanol–water partition coefficient (Wildman–Crippen LogP) is 2.90. The van der Waals surface area contributed by atoms with Crippen LogP contribution in [-0.2, 0) is 6.54 Å². The van der Waals surface area contributed by atoms with E-state index in [0.717, 1.165) is 11.3 Å². The van der Waals surface area contributed by atoms with Gasteiger partial charge in [0.1, 0.15) is 11.9 Å². The third kappa shape index (κ3) is 2.65. The second-order valence-electron chi connectivity index (χ2n) is 3.83. The third-order valence-corrected chi connectivity index (χ3v) is 2.57. The highest BCUT2D eigenvalue weighted by molar-refractivity contribution is 5.66. The summed E-state index contributed by atoms with van der Waals surface area (Å²) in [5.41, 5.74) is 8.23. The summed E-state index contributed by atoms with van der Waals surface area (Å²) in [5, 5.41) is 12.0. The van der Waals surface area contributed by atoms with Crippen LogP contribution >= 0.6 is 0 Å². The molecule has 18 heavy (non-hydrogen) atoms. The van der Waals surface area contributed by atoms with Crippen LogP contribution < -0.4 is 11.1 Å². The summed E-state index contributed by atoms with van der Waals surface area (Å²) in [6.45, 7) is 0.486. The van der Waals surface area contributed by atoms with E-state index in [1.807, 2.05) is 30.3 Å². The molecule has 0 saturated heterocycles. The Kier molecular flexibility index (Phi) is 3.56. The molecule has 3 N–H and O–H groups in total. The van der Waals surface area contributed by atoms with Gasteiger partial charge in [-0.3, -0.25) is 0 Å². The van der Waals surface area contributed by atoms with Crippen LogP contribution in [-0.4, -0.2) is 0 Å².